The molecule has 26 heavy (non-hydrogen) atoms. The van der Waals surface area contributed by atoms with Crippen LogP contribution in [0.3, 0.4) is 0 Å². The van der Waals surface area contributed by atoms with Gasteiger partial charge in [-0.05, 0) is 38.1 Å². The van der Waals surface area contributed by atoms with Gasteiger partial charge in [-0.15, -0.1) is 0 Å². The van der Waals surface area contributed by atoms with E-state index < -0.39 is 0 Å². The number of nitrogens with one attached hydrogen (secondary N) is 2. The number of aryl methyl sites for hydroxylation is 2. The zero-order chi connectivity index (χ0) is 18.8. The summed E-state index contributed by atoms with van der Waals surface area (Å²) in [6, 6.07) is 6.46. The summed E-state index contributed by atoms with van der Waals surface area (Å²) in [7, 11) is 3.03. The number of methoxy groups -OCH3 is 1. The highest BCUT2D eigenvalue weighted by Crippen LogP contribution is 2.28. The number of benzene rings is 1. The molecule has 2 amide bonds. The summed E-state index contributed by atoms with van der Waals surface area (Å²) >= 11 is 0. The molecule has 134 valence electrons. The number of hydrogen-bond acceptors (Lipinski definition) is 6. The van der Waals surface area contributed by atoms with Gasteiger partial charge in [0.2, 0.25) is 0 Å². The number of fused-ring (bicyclic) bond motifs is 1. The fraction of sp³-hybridized carbons (Fsp3) is 0.222. The largest absolute Gasteiger partial charge is 0.495 e. The van der Waals surface area contributed by atoms with E-state index in [0.29, 0.717) is 45.1 Å². The highest BCUT2D eigenvalue weighted by atomic mass is 16.5. The summed E-state index contributed by atoms with van der Waals surface area (Å²) in [5.74, 6) is -0.200. The van der Waals surface area contributed by atoms with Crippen molar-refractivity contribution in [3.8, 4) is 5.75 Å². The topological polar surface area (TPSA) is 106 Å². The Morgan fingerprint density at radius 3 is 2.62 bits per heavy atom. The molecule has 2 aromatic heterocycles. The molecule has 0 aliphatic heterocycles. The Morgan fingerprint density at radius 2 is 1.92 bits per heavy atom. The van der Waals surface area contributed by atoms with Crippen LogP contribution in [-0.2, 0) is 0 Å². The van der Waals surface area contributed by atoms with Crippen molar-refractivity contribution in [3.05, 3.63) is 46.8 Å². The second-order valence-corrected chi connectivity index (χ2v) is 5.71. The van der Waals surface area contributed by atoms with Gasteiger partial charge < -0.3 is 19.9 Å². The van der Waals surface area contributed by atoms with Crippen molar-refractivity contribution < 1.29 is 18.8 Å². The van der Waals surface area contributed by atoms with E-state index in [1.807, 2.05) is 0 Å². The minimum absolute atomic E-state index is 0.264. The first kappa shape index (κ1) is 17.4. The Bertz CT molecular complexity index is 1010. The van der Waals surface area contributed by atoms with E-state index in [1.165, 1.54) is 14.2 Å². The molecule has 0 spiro atoms. The molecule has 2 N–H and O–H groups in total. The number of carbonyl (C=O) groups is 2. The first-order chi connectivity index (χ1) is 12.4. The maximum Gasteiger partial charge on any atom is 0.258 e. The van der Waals surface area contributed by atoms with Gasteiger partial charge in [-0.2, -0.15) is 0 Å². The number of carbonyl (C=O) groups excluding carboxylic acids is 2. The van der Waals surface area contributed by atoms with E-state index in [1.54, 1.807) is 38.1 Å². The molecular formula is C18H18N4O4. The van der Waals surface area contributed by atoms with Crippen LogP contribution in [0.2, 0.25) is 0 Å². The van der Waals surface area contributed by atoms with Crippen molar-refractivity contribution in [3.63, 3.8) is 0 Å². The molecule has 0 saturated carbocycles. The molecule has 0 atom stereocenters. The number of ether oxygens (including phenoxy) is 1. The van der Waals surface area contributed by atoms with E-state index in [9.17, 15) is 9.59 Å². The Labute approximate surface area is 149 Å². The normalized spacial score (nSPS) is 10.6. The highest BCUT2D eigenvalue weighted by molar-refractivity contribution is 6.13. The molecule has 0 fully saturated rings. The lowest BCUT2D eigenvalue weighted by Gasteiger charge is -2.12. The number of pyridine rings is 1. The Balaban J connectivity index is 2.03. The first-order valence-corrected chi connectivity index (χ1v) is 7.89. The minimum atomic E-state index is -0.376. The third-order valence-corrected chi connectivity index (χ3v) is 3.93. The molecule has 2 heterocycles. The van der Waals surface area contributed by atoms with E-state index in [-0.39, 0.29) is 11.8 Å². The summed E-state index contributed by atoms with van der Waals surface area (Å²) in [4.78, 5) is 29.0. The van der Waals surface area contributed by atoms with Crippen molar-refractivity contribution in [1.82, 2.24) is 15.5 Å². The summed E-state index contributed by atoms with van der Waals surface area (Å²) < 4.78 is 10.4. The van der Waals surface area contributed by atoms with Crippen LogP contribution in [0, 0.1) is 13.8 Å². The van der Waals surface area contributed by atoms with Crippen LogP contribution in [0.4, 0.5) is 5.69 Å². The van der Waals surface area contributed by atoms with Crippen molar-refractivity contribution in [2.75, 3.05) is 19.5 Å². The standard InChI is InChI=1S/C18H18N4O4/c1-9-7-12(15-10(2)22-26-18(15)20-9)17(24)21-13-8-11(16(23)19-3)5-6-14(13)25-4/h5-8H,1-4H3,(H,19,23)(H,21,24). The van der Waals surface area contributed by atoms with Gasteiger partial charge in [0, 0.05) is 18.3 Å². The molecule has 0 bridgehead atoms. The molecule has 0 radical (unpaired) electrons. The molecule has 0 aliphatic carbocycles. The summed E-state index contributed by atoms with van der Waals surface area (Å²) in [6.07, 6.45) is 0. The smallest absolute Gasteiger partial charge is 0.258 e. The number of anilines is 1. The van der Waals surface area contributed by atoms with Crippen LogP contribution in [0.25, 0.3) is 11.1 Å². The van der Waals surface area contributed by atoms with Gasteiger partial charge >= 0.3 is 0 Å². The van der Waals surface area contributed by atoms with Crippen LogP contribution in [0.1, 0.15) is 32.1 Å². The maximum absolute atomic E-state index is 12.9. The van der Waals surface area contributed by atoms with Crippen molar-refractivity contribution >= 4 is 28.6 Å². The van der Waals surface area contributed by atoms with E-state index in [2.05, 4.69) is 20.8 Å². The third-order valence-electron chi connectivity index (χ3n) is 3.93. The zero-order valence-electron chi connectivity index (χ0n) is 14.8. The van der Waals surface area contributed by atoms with Crippen LogP contribution in [-0.4, -0.2) is 36.1 Å². The molecule has 3 aromatic rings. The lowest BCUT2D eigenvalue weighted by Crippen LogP contribution is -2.19. The predicted molar refractivity (Wildman–Crippen MR) is 95.6 cm³/mol. The quantitative estimate of drug-likeness (QED) is 0.745. The van der Waals surface area contributed by atoms with Gasteiger partial charge in [0.1, 0.15) is 5.75 Å². The van der Waals surface area contributed by atoms with Crippen molar-refractivity contribution in [2.45, 2.75) is 13.8 Å². The lowest BCUT2D eigenvalue weighted by atomic mass is 10.1. The van der Waals surface area contributed by atoms with Crippen molar-refractivity contribution in [2.24, 2.45) is 0 Å². The average Bonchev–Trinajstić information content (AvgIpc) is 3.00. The molecule has 8 nitrogen and oxygen atoms in total. The van der Waals surface area contributed by atoms with Gasteiger partial charge in [0.05, 0.1) is 29.4 Å². The molecule has 0 unspecified atom stereocenters. The number of aromatic nitrogens is 2. The van der Waals surface area contributed by atoms with Gasteiger partial charge in [0.25, 0.3) is 17.5 Å². The van der Waals surface area contributed by atoms with Crippen LogP contribution >= 0.6 is 0 Å². The fourth-order valence-corrected chi connectivity index (χ4v) is 2.68. The monoisotopic (exact) mass is 354 g/mol. The second-order valence-electron chi connectivity index (χ2n) is 5.71. The first-order valence-electron chi connectivity index (χ1n) is 7.89. The Hall–Kier alpha value is -3.42. The van der Waals surface area contributed by atoms with Gasteiger partial charge in [-0.1, -0.05) is 5.16 Å². The molecule has 3 rings (SSSR count). The number of nitrogens with zero attached hydrogens (tertiary/aromatic N) is 2. The summed E-state index contributed by atoms with van der Waals surface area (Å²) in [6.45, 7) is 3.51. The summed E-state index contributed by atoms with van der Waals surface area (Å²) in [5.41, 5.74) is 2.68. The van der Waals surface area contributed by atoms with Crippen LogP contribution < -0.4 is 15.4 Å². The molecule has 0 saturated heterocycles. The van der Waals surface area contributed by atoms with Gasteiger partial charge in [-0.25, -0.2) is 4.98 Å². The zero-order valence-corrected chi connectivity index (χ0v) is 14.8. The Kier molecular flexibility index (Phi) is 4.57. The SMILES string of the molecule is CNC(=O)c1ccc(OC)c(NC(=O)c2cc(C)nc3onc(C)c23)c1. The highest BCUT2D eigenvalue weighted by Gasteiger charge is 2.19. The number of rotatable bonds is 4. The lowest BCUT2D eigenvalue weighted by molar-refractivity contribution is 0.0961. The molecular weight excluding hydrogens is 336 g/mol. The number of amides is 2. The number of hydrogen-bond donors (Lipinski definition) is 2. The van der Waals surface area contributed by atoms with Crippen LogP contribution in [0.5, 0.6) is 5.75 Å². The van der Waals surface area contributed by atoms with Crippen LogP contribution in [0.15, 0.2) is 28.8 Å². The molecule has 0 aliphatic rings. The van der Waals surface area contributed by atoms with E-state index in [4.69, 9.17) is 9.26 Å². The molecule has 1 aromatic carbocycles. The van der Waals surface area contributed by atoms with Crippen molar-refractivity contribution in [1.29, 1.82) is 0 Å². The summed E-state index contributed by atoms with van der Waals surface area (Å²) in [5, 5.41) is 9.76. The molecule has 8 heteroatoms. The Morgan fingerprint density at radius 1 is 1.15 bits per heavy atom. The average molecular weight is 354 g/mol. The predicted octanol–water partition coefficient (Wildman–Crippen LogP) is 2.46. The van der Waals surface area contributed by atoms with Gasteiger partial charge in [-0.3, -0.25) is 9.59 Å². The van der Waals surface area contributed by atoms with Gasteiger partial charge in [0.15, 0.2) is 0 Å². The second kappa shape index (κ2) is 6.83. The van der Waals surface area contributed by atoms with E-state index in [0.717, 1.165) is 0 Å². The fourth-order valence-electron chi connectivity index (χ4n) is 2.68. The minimum Gasteiger partial charge on any atom is -0.495 e. The van der Waals surface area contributed by atoms with E-state index >= 15 is 0 Å². The third kappa shape index (κ3) is 3.08. The maximum atomic E-state index is 12.9.